The van der Waals surface area contributed by atoms with Crippen LogP contribution in [0.1, 0.15) is 5.56 Å². The van der Waals surface area contributed by atoms with Crippen molar-refractivity contribution in [3.8, 4) is 0 Å². The molecule has 2 aromatic carbocycles. The largest absolute Gasteiger partial charge is 0.330 e. The summed E-state index contributed by atoms with van der Waals surface area (Å²) in [6, 6.07) is 12.2. The molecule has 0 radical (unpaired) electrons. The van der Waals surface area contributed by atoms with Gasteiger partial charge in [0, 0.05) is 16.8 Å². The van der Waals surface area contributed by atoms with E-state index in [0.29, 0.717) is 4.90 Å². The van der Waals surface area contributed by atoms with Crippen molar-refractivity contribution in [2.45, 2.75) is 17.5 Å². The molecule has 1 heterocycles. The minimum absolute atomic E-state index is 0.0116. The highest BCUT2D eigenvalue weighted by atomic mass is 32.2. The molecule has 0 aliphatic carbocycles. The van der Waals surface area contributed by atoms with Gasteiger partial charge in [0.25, 0.3) is 0 Å². The van der Waals surface area contributed by atoms with Crippen molar-refractivity contribution in [3.63, 3.8) is 0 Å². The number of carbonyl (C=O) groups excluding carboxylic acids is 1. The van der Waals surface area contributed by atoms with Crippen molar-refractivity contribution in [1.82, 2.24) is 4.90 Å². The molecule has 1 aliphatic rings. The number of hydrogen-bond donors (Lipinski definition) is 0. The lowest BCUT2D eigenvalue weighted by atomic mass is 10.2. The topological polar surface area (TPSA) is 54.5 Å². The number of sulfone groups is 1. The van der Waals surface area contributed by atoms with Gasteiger partial charge in [-0.25, -0.2) is 17.2 Å². The third-order valence-electron chi connectivity index (χ3n) is 4.08. The molecule has 2 aromatic rings. The Bertz CT molecular complexity index is 962. The van der Waals surface area contributed by atoms with Crippen LogP contribution in [0.15, 0.2) is 64.9 Å². The summed E-state index contributed by atoms with van der Waals surface area (Å²) in [4.78, 5) is 14.7. The van der Waals surface area contributed by atoms with E-state index in [1.165, 1.54) is 17.0 Å². The highest BCUT2D eigenvalue weighted by Crippen LogP contribution is 2.23. The quantitative estimate of drug-likeness (QED) is 0.687. The molecule has 0 bridgehead atoms. The third kappa shape index (κ3) is 5.17. The molecule has 0 spiro atoms. The highest BCUT2D eigenvalue weighted by molar-refractivity contribution is 8.00. The van der Waals surface area contributed by atoms with Gasteiger partial charge < -0.3 is 4.90 Å². The van der Waals surface area contributed by atoms with E-state index in [1.807, 2.05) is 30.3 Å². The SMILES string of the molecule is O=C(CSc1ccc(F)c(F)c1)N(Cc1ccccc1)[C@@H]1C=CS(=O)(=O)C1. The second kappa shape index (κ2) is 8.22. The molecular formula is C19H17F2NO3S2. The van der Waals surface area contributed by atoms with Crippen molar-refractivity contribution >= 4 is 27.5 Å². The number of thioether (sulfide) groups is 1. The zero-order chi connectivity index (χ0) is 19.4. The van der Waals surface area contributed by atoms with Gasteiger partial charge in [-0.1, -0.05) is 30.3 Å². The van der Waals surface area contributed by atoms with Crippen molar-refractivity contribution < 1.29 is 22.0 Å². The van der Waals surface area contributed by atoms with Crippen molar-refractivity contribution in [2.24, 2.45) is 0 Å². The van der Waals surface area contributed by atoms with E-state index >= 15 is 0 Å². The van der Waals surface area contributed by atoms with Gasteiger partial charge in [0.1, 0.15) is 0 Å². The Balaban J connectivity index is 1.74. The second-order valence-electron chi connectivity index (χ2n) is 6.10. The fourth-order valence-electron chi connectivity index (χ4n) is 2.72. The van der Waals surface area contributed by atoms with Crippen LogP contribution >= 0.6 is 11.8 Å². The van der Waals surface area contributed by atoms with Crippen molar-refractivity contribution in [2.75, 3.05) is 11.5 Å². The predicted molar refractivity (Wildman–Crippen MR) is 101 cm³/mol. The van der Waals surface area contributed by atoms with Crippen molar-refractivity contribution in [3.05, 3.63) is 77.2 Å². The summed E-state index contributed by atoms with van der Waals surface area (Å²) in [6.45, 7) is 0.266. The van der Waals surface area contributed by atoms with Gasteiger partial charge >= 0.3 is 0 Å². The molecule has 0 fully saturated rings. The van der Waals surface area contributed by atoms with Crippen LogP contribution in [0.4, 0.5) is 8.78 Å². The van der Waals surface area contributed by atoms with Gasteiger partial charge in [0.15, 0.2) is 21.5 Å². The molecule has 4 nitrogen and oxygen atoms in total. The minimum Gasteiger partial charge on any atom is -0.330 e. The van der Waals surface area contributed by atoms with Gasteiger partial charge in [-0.2, -0.15) is 0 Å². The molecule has 142 valence electrons. The molecule has 0 unspecified atom stereocenters. The summed E-state index contributed by atoms with van der Waals surface area (Å²) >= 11 is 1.08. The number of halogens is 2. The molecular weight excluding hydrogens is 392 g/mol. The van der Waals surface area contributed by atoms with Crippen LogP contribution in [0, 0.1) is 11.6 Å². The van der Waals surface area contributed by atoms with E-state index in [-0.39, 0.29) is 24.0 Å². The van der Waals surface area contributed by atoms with Crippen LogP contribution in [-0.2, 0) is 21.2 Å². The first-order chi connectivity index (χ1) is 12.8. The Morgan fingerprint density at radius 1 is 1.11 bits per heavy atom. The highest BCUT2D eigenvalue weighted by Gasteiger charge is 2.30. The van der Waals surface area contributed by atoms with Crippen LogP contribution in [0.25, 0.3) is 0 Å². The molecule has 8 heteroatoms. The molecule has 1 amide bonds. The smallest absolute Gasteiger partial charge is 0.233 e. The average Bonchev–Trinajstić information content (AvgIpc) is 3.01. The standard InChI is InChI=1S/C19H17F2NO3S2/c20-17-7-6-16(10-18(17)21)26-12-19(23)22(11-14-4-2-1-3-5-14)15-8-9-27(24,25)13-15/h1-10,15H,11-13H2/t15-/m1/s1. The maximum absolute atomic E-state index is 13.3. The minimum atomic E-state index is -3.32. The van der Waals surface area contributed by atoms with Crippen LogP contribution in [0.3, 0.4) is 0 Å². The van der Waals surface area contributed by atoms with E-state index in [9.17, 15) is 22.0 Å². The lowest BCUT2D eigenvalue weighted by Gasteiger charge is -2.27. The molecule has 27 heavy (non-hydrogen) atoms. The van der Waals surface area contributed by atoms with E-state index < -0.39 is 27.5 Å². The second-order valence-corrected chi connectivity index (χ2v) is 9.08. The lowest BCUT2D eigenvalue weighted by Crippen LogP contribution is -2.41. The van der Waals surface area contributed by atoms with Crippen LogP contribution in [0.5, 0.6) is 0 Å². The van der Waals surface area contributed by atoms with E-state index in [1.54, 1.807) is 0 Å². The van der Waals surface area contributed by atoms with E-state index in [0.717, 1.165) is 34.9 Å². The van der Waals surface area contributed by atoms with Gasteiger partial charge in [-0.3, -0.25) is 4.79 Å². The monoisotopic (exact) mass is 409 g/mol. The average molecular weight is 409 g/mol. The Morgan fingerprint density at radius 2 is 1.85 bits per heavy atom. The normalized spacial score (nSPS) is 17.8. The van der Waals surface area contributed by atoms with Gasteiger partial charge in [-0.05, 0) is 29.8 Å². The Labute approximate surface area is 160 Å². The van der Waals surface area contributed by atoms with Gasteiger partial charge in [0.05, 0.1) is 17.5 Å². The summed E-state index contributed by atoms with van der Waals surface area (Å²) in [5, 5.41) is 1.13. The number of nitrogens with zero attached hydrogens (tertiary/aromatic N) is 1. The molecule has 0 aromatic heterocycles. The fraction of sp³-hybridized carbons (Fsp3) is 0.211. The zero-order valence-corrected chi connectivity index (χ0v) is 15.8. The maximum Gasteiger partial charge on any atom is 0.233 e. The number of amides is 1. The van der Waals surface area contributed by atoms with Crippen LogP contribution < -0.4 is 0 Å². The van der Waals surface area contributed by atoms with Crippen LogP contribution in [0.2, 0.25) is 0 Å². The molecule has 3 rings (SSSR count). The Kier molecular flexibility index (Phi) is 5.96. The predicted octanol–water partition coefficient (Wildman–Crippen LogP) is 3.40. The fourth-order valence-corrected chi connectivity index (χ4v) is 4.82. The number of hydrogen-bond acceptors (Lipinski definition) is 4. The molecule has 0 saturated heterocycles. The third-order valence-corrected chi connectivity index (χ3v) is 6.44. The van der Waals surface area contributed by atoms with Gasteiger partial charge in [0.2, 0.25) is 5.91 Å². The van der Waals surface area contributed by atoms with E-state index in [2.05, 4.69) is 0 Å². The Morgan fingerprint density at radius 3 is 2.48 bits per heavy atom. The van der Waals surface area contributed by atoms with E-state index in [4.69, 9.17) is 0 Å². The number of carbonyl (C=O) groups is 1. The number of rotatable bonds is 6. The molecule has 1 atom stereocenters. The van der Waals surface area contributed by atoms with Crippen molar-refractivity contribution in [1.29, 1.82) is 0 Å². The summed E-state index contributed by atoms with van der Waals surface area (Å²) < 4.78 is 49.9. The Hall–Kier alpha value is -2.19. The van der Waals surface area contributed by atoms with Crippen LogP contribution in [-0.4, -0.2) is 36.8 Å². The maximum atomic E-state index is 13.3. The molecule has 0 N–H and O–H groups in total. The summed E-state index contributed by atoms with van der Waals surface area (Å²) in [6.07, 6.45) is 1.51. The first-order valence-corrected chi connectivity index (χ1v) is 10.9. The first kappa shape index (κ1) is 19.6. The molecule has 0 saturated carbocycles. The van der Waals surface area contributed by atoms with Gasteiger partial charge in [-0.15, -0.1) is 11.8 Å². The lowest BCUT2D eigenvalue weighted by molar-refractivity contribution is -0.130. The number of benzene rings is 2. The first-order valence-electron chi connectivity index (χ1n) is 8.16. The summed E-state index contributed by atoms with van der Waals surface area (Å²) in [5.41, 5.74) is 0.876. The molecule has 1 aliphatic heterocycles. The summed E-state index contributed by atoms with van der Waals surface area (Å²) in [7, 11) is -3.32. The summed E-state index contributed by atoms with van der Waals surface area (Å²) in [5.74, 6) is -2.36. The zero-order valence-electron chi connectivity index (χ0n) is 14.2.